The van der Waals surface area contributed by atoms with Crippen molar-refractivity contribution < 1.29 is 16.8 Å². The molecule has 0 bridgehead atoms. The Labute approximate surface area is 142 Å². The van der Waals surface area contributed by atoms with Gasteiger partial charge in [-0.1, -0.05) is 36.4 Å². The minimum absolute atomic E-state index is 0.206. The molecule has 1 aliphatic carbocycles. The lowest BCUT2D eigenvalue weighted by Crippen LogP contribution is -2.20. The summed E-state index contributed by atoms with van der Waals surface area (Å²) < 4.78 is 51.3. The second kappa shape index (κ2) is 6.18. The van der Waals surface area contributed by atoms with Gasteiger partial charge in [0.05, 0.1) is 15.0 Å². The zero-order chi connectivity index (χ0) is 17.4. The zero-order valence-electron chi connectivity index (χ0n) is 13.2. The van der Waals surface area contributed by atoms with Crippen molar-refractivity contribution in [3.8, 4) is 0 Å². The van der Waals surface area contributed by atoms with Crippen LogP contribution in [-0.4, -0.2) is 22.1 Å². The largest absolute Gasteiger partial charge is 0.223 e. The van der Waals surface area contributed by atoms with Crippen LogP contribution in [0, 0.1) is 0 Å². The molecule has 24 heavy (non-hydrogen) atoms. The molecule has 4 nitrogen and oxygen atoms in total. The van der Waals surface area contributed by atoms with Gasteiger partial charge in [0, 0.05) is 4.91 Å². The molecule has 1 unspecified atom stereocenters. The van der Waals surface area contributed by atoms with Crippen LogP contribution in [0.5, 0.6) is 0 Å². The summed E-state index contributed by atoms with van der Waals surface area (Å²) in [5, 5.41) is -0.784. The van der Waals surface area contributed by atoms with E-state index in [9.17, 15) is 16.8 Å². The van der Waals surface area contributed by atoms with Crippen LogP contribution in [0.15, 0.2) is 80.9 Å². The number of sulfone groups is 2. The number of benzene rings is 2. The third-order valence-electron chi connectivity index (χ3n) is 4.38. The Kier molecular flexibility index (Phi) is 4.36. The fraction of sp³-hybridized carbons (Fsp3) is 0.222. The Morgan fingerprint density at radius 2 is 1.29 bits per heavy atom. The van der Waals surface area contributed by atoms with Gasteiger partial charge in [0.1, 0.15) is 0 Å². The van der Waals surface area contributed by atoms with Crippen molar-refractivity contribution in [2.24, 2.45) is 0 Å². The summed E-state index contributed by atoms with van der Waals surface area (Å²) in [7, 11) is -7.23. The standard InChI is InChI=1S/C18H18O4S2/c1-14-17(23(19,20)15-8-4-2-5-9-15)12-13-18(14)24(21,22)16-10-6-3-7-11-16/h2-11,17H,12-13H2,1H3. The fourth-order valence-electron chi connectivity index (χ4n) is 3.11. The quantitative estimate of drug-likeness (QED) is 0.836. The first-order valence-electron chi connectivity index (χ1n) is 7.64. The fourth-order valence-corrected chi connectivity index (χ4v) is 6.83. The van der Waals surface area contributed by atoms with Crippen molar-refractivity contribution in [2.75, 3.05) is 0 Å². The van der Waals surface area contributed by atoms with Crippen molar-refractivity contribution in [3.63, 3.8) is 0 Å². The highest BCUT2D eigenvalue weighted by Crippen LogP contribution is 2.39. The van der Waals surface area contributed by atoms with Gasteiger partial charge in [-0.25, -0.2) is 16.8 Å². The maximum Gasteiger partial charge on any atom is 0.202 e. The molecule has 6 heteroatoms. The smallest absolute Gasteiger partial charge is 0.202 e. The van der Waals surface area contributed by atoms with Crippen LogP contribution in [0.1, 0.15) is 19.8 Å². The molecule has 0 spiro atoms. The summed E-state index contributed by atoms with van der Waals surface area (Å²) in [5.74, 6) is 0. The van der Waals surface area contributed by atoms with Crippen LogP contribution in [0.4, 0.5) is 0 Å². The predicted molar refractivity (Wildman–Crippen MR) is 93.0 cm³/mol. The summed E-state index contributed by atoms with van der Waals surface area (Å²) >= 11 is 0. The molecule has 0 saturated carbocycles. The molecule has 0 aliphatic heterocycles. The van der Waals surface area contributed by atoms with Crippen LogP contribution in [0.25, 0.3) is 0 Å². The molecular weight excluding hydrogens is 344 g/mol. The summed E-state index contributed by atoms with van der Waals surface area (Å²) in [6.45, 7) is 1.62. The Balaban J connectivity index is 2.05. The number of hydrogen-bond acceptors (Lipinski definition) is 4. The van der Waals surface area contributed by atoms with Crippen molar-refractivity contribution >= 4 is 19.7 Å². The van der Waals surface area contributed by atoms with E-state index in [1.807, 2.05) is 0 Å². The van der Waals surface area contributed by atoms with E-state index in [0.29, 0.717) is 12.0 Å². The summed E-state index contributed by atoms with van der Waals surface area (Å²) in [5.41, 5.74) is 0.433. The average molecular weight is 362 g/mol. The second-order valence-corrected chi connectivity index (χ2v) is 9.91. The van der Waals surface area contributed by atoms with Crippen molar-refractivity contribution in [3.05, 3.63) is 71.1 Å². The maximum atomic E-state index is 12.8. The molecular formula is C18H18O4S2. The third-order valence-corrected chi connectivity index (χ3v) is 8.72. The SMILES string of the molecule is CC1=C(S(=O)(=O)c2ccccc2)CCC1S(=O)(=O)c1ccccc1. The Morgan fingerprint density at radius 1 is 0.792 bits per heavy atom. The van der Waals surface area contributed by atoms with Crippen LogP contribution in [0.2, 0.25) is 0 Å². The molecule has 2 aromatic carbocycles. The van der Waals surface area contributed by atoms with Gasteiger partial charge < -0.3 is 0 Å². The minimum atomic E-state index is -3.65. The van der Waals surface area contributed by atoms with Gasteiger partial charge in [0.15, 0.2) is 9.84 Å². The number of allylic oxidation sites excluding steroid dienone is 1. The van der Waals surface area contributed by atoms with Gasteiger partial charge in [0.2, 0.25) is 9.84 Å². The lowest BCUT2D eigenvalue weighted by molar-refractivity contribution is 0.584. The van der Waals surface area contributed by atoms with Crippen LogP contribution < -0.4 is 0 Å². The molecule has 0 aromatic heterocycles. The molecule has 1 atom stereocenters. The van der Waals surface area contributed by atoms with Crippen LogP contribution in [0.3, 0.4) is 0 Å². The molecule has 0 N–H and O–H groups in total. The summed E-state index contributed by atoms with van der Waals surface area (Å²) in [6.07, 6.45) is 0.546. The number of rotatable bonds is 4. The van der Waals surface area contributed by atoms with E-state index in [2.05, 4.69) is 0 Å². The molecule has 3 rings (SSSR count). The van der Waals surface area contributed by atoms with Gasteiger partial charge in [0.25, 0.3) is 0 Å². The van der Waals surface area contributed by atoms with Gasteiger partial charge in [-0.15, -0.1) is 0 Å². The van der Waals surface area contributed by atoms with Crippen LogP contribution in [-0.2, 0) is 19.7 Å². The predicted octanol–water partition coefficient (Wildman–Crippen LogP) is 3.37. The van der Waals surface area contributed by atoms with E-state index < -0.39 is 24.9 Å². The van der Waals surface area contributed by atoms with E-state index in [4.69, 9.17) is 0 Å². The monoisotopic (exact) mass is 362 g/mol. The topological polar surface area (TPSA) is 68.3 Å². The van der Waals surface area contributed by atoms with Gasteiger partial charge >= 0.3 is 0 Å². The van der Waals surface area contributed by atoms with Gasteiger partial charge in [-0.3, -0.25) is 0 Å². The molecule has 0 amide bonds. The molecule has 126 valence electrons. The molecule has 0 fully saturated rings. The number of hydrogen-bond donors (Lipinski definition) is 0. The highest BCUT2D eigenvalue weighted by molar-refractivity contribution is 7.95. The lowest BCUT2D eigenvalue weighted by Gasteiger charge is -2.13. The van der Waals surface area contributed by atoms with E-state index in [1.54, 1.807) is 55.5 Å². The van der Waals surface area contributed by atoms with E-state index in [1.165, 1.54) is 12.1 Å². The zero-order valence-corrected chi connectivity index (χ0v) is 14.8. The molecule has 0 heterocycles. The first-order valence-corrected chi connectivity index (χ1v) is 10.7. The second-order valence-electron chi connectivity index (χ2n) is 5.81. The maximum absolute atomic E-state index is 12.8. The summed E-state index contributed by atoms with van der Waals surface area (Å²) in [6, 6.07) is 16.3. The molecule has 0 radical (unpaired) electrons. The first kappa shape index (κ1) is 16.9. The van der Waals surface area contributed by atoms with Crippen molar-refractivity contribution in [2.45, 2.75) is 34.8 Å². The molecule has 0 saturated heterocycles. The van der Waals surface area contributed by atoms with Crippen molar-refractivity contribution in [1.82, 2.24) is 0 Å². The lowest BCUT2D eigenvalue weighted by atomic mass is 10.3. The van der Waals surface area contributed by atoms with E-state index in [0.717, 1.165) is 0 Å². The normalized spacial score (nSPS) is 18.8. The van der Waals surface area contributed by atoms with Gasteiger partial charge in [-0.2, -0.15) is 0 Å². The first-order chi connectivity index (χ1) is 11.3. The Morgan fingerprint density at radius 3 is 1.83 bits per heavy atom. The highest BCUT2D eigenvalue weighted by atomic mass is 32.2. The van der Waals surface area contributed by atoms with Crippen molar-refractivity contribution in [1.29, 1.82) is 0 Å². The Hall–Kier alpha value is -1.92. The van der Waals surface area contributed by atoms with E-state index in [-0.39, 0.29) is 21.1 Å². The van der Waals surface area contributed by atoms with Gasteiger partial charge in [-0.05, 0) is 49.6 Å². The molecule has 1 aliphatic rings. The molecule has 2 aromatic rings. The van der Waals surface area contributed by atoms with E-state index >= 15 is 0 Å². The Bertz CT molecular complexity index is 974. The summed E-state index contributed by atoms with van der Waals surface area (Å²) in [4.78, 5) is 0.669. The third kappa shape index (κ3) is 2.80. The van der Waals surface area contributed by atoms with Crippen LogP contribution >= 0.6 is 0 Å². The average Bonchev–Trinajstić information content (AvgIpc) is 2.99. The minimum Gasteiger partial charge on any atom is -0.223 e. The highest BCUT2D eigenvalue weighted by Gasteiger charge is 2.38.